The molecule has 16 heavy (non-hydrogen) atoms. The first-order chi connectivity index (χ1) is 7.40. The van der Waals surface area contributed by atoms with Crippen LogP contribution < -0.4 is 5.32 Å². The second kappa shape index (κ2) is 3.75. The second-order valence-electron chi connectivity index (χ2n) is 5.80. The van der Waals surface area contributed by atoms with Gasteiger partial charge in [0.05, 0.1) is 5.92 Å². The van der Waals surface area contributed by atoms with Gasteiger partial charge in [0, 0.05) is 12.0 Å². The quantitative estimate of drug-likeness (QED) is 0.763. The predicted octanol–water partition coefficient (Wildman–Crippen LogP) is 1.40. The van der Waals surface area contributed by atoms with Gasteiger partial charge in [-0.15, -0.1) is 0 Å². The van der Waals surface area contributed by atoms with E-state index >= 15 is 0 Å². The van der Waals surface area contributed by atoms with Gasteiger partial charge in [0.1, 0.15) is 0 Å². The van der Waals surface area contributed by atoms with Crippen LogP contribution in [-0.4, -0.2) is 23.0 Å². The molecule has 0 aromatic carbocycles. The molecule has 0 saturated heterocycles. The molecule has 1 amide bonds. The van der Waals surface area contributed by atoms with Gasteiger partial charge >= 0.3 is 5.97 Å². The van der Waals surface area contributed by atoms with Gasteiger partial charge in [0.25, 0.3) is 0 Å². The first kappa shape index (κ1) is 11.4. The summed E-state index contributed by atoms with van der Waals surface area (Å²) in [6.45, 7) is 4.18. The molecule has 2 aliphatic carbocycles. The third-order valence-electron chi connectivity index (χ3n) is 3.96. The highest BCUT2D eigenvalue weighted by Crippen LogP contribution is 2.51. The van der Waals surface area contributed by atoms with Gasteiger partial charge in [-0.3, -0.25) is 9.59 Å². The molecule has 0 aromatic rings. The third kappa shape index (κ3) is 2.20. The van der Waals surface area contributed by atoms with Crippen molar-refractivity contribution in [3.8, 4) is 0 Å². The van der Waals surface area contributed by atoms with Gasteiger partial charge in [-0.1, -0.05) is 13.8 Å². The van der Waals surface area contributed by atoms with Crippen LogP contribution in [0.5, 0.6) is 0 Å². The maximum Gasteiger partial charge on any atom is 0.306 e. The molecule has 2 aliphatic rings. The molecule has 0 radical (unpaired) electrons. The van der Waals surface area contributed by atoms with E-state index in [4.69, 9.17) is 5.11 Å². The minimum Gasteiger partial charge on any atom is -0.481 e. The van der Waals surface area contributed by atoms with Crippen LogP contribution in [0.2, 0.25) is 0 Å². The highest BCUT2D eigenvalue weighted by Gasteiger charge is 2.51. The van der Waals surface area contributed by atoms with Crippen molar-refractivity contribution in [3.63, 3.8) is 0 Å². The lowest BCUT2D eigenvalue weighted by Crippen LogP contribution is -2.35. The number of carbonyl (C=O) groups is 2. The molecule has 2 rings (SSSR count). The van der Waals surface area contributed by atoms with Crippen molar-refractivity contribution in [2.24, 2.45) is 17.3 Å². The Morgan fingerprint density at radius 1 is 1.31 bits per heavy atom. The Hall–Kier alpha value is -1.06. The van der Waals surface area contributed by atoms with Crippen molar-refractivity contribution >= 4 is 11.9 Å². The molecule has 2 saturated carbocycles. The molecular formula is C12H19NO3. The molecule has 0 aliphatic heterocycles. The summed E-state index contributed by atoms with van der Waals surface area (Å²) in [5.41, 5.74) is 0.148. The Kier molecular flexibility index (Phi) is 2.68. The lowest BCUT2D eigenvalue weighted by molar-refractivity contribution is -0.141. The van der Waals surface area contributed by atoms with Crippen LogP contribution in [0.4, 0.5) is 0 Å². The first-order valence-electron chi connectivity index (χ1n) is 5.93. The Balaban J connectivity index is 1.80. The van der Waals surface area contributed by atoms with Gasteiger partial charge in [0.15, 0.2) is 0 Å². The number of aliphatic carboxylic acids is 1. The third-order valence-corrected chi connectivity index (χ3v) is 3.96. The van der Waals surface area contributed by atoms with Crippen molar-refractivity contribution < 1.29 is 14.7 Å². The largest absolute Gasteiger partial charge is 0.481 e. The number of rotatable bonds is 3. The topological polar surface area (TPSA) is 66.4 Å². The molecule has 2 fully saturated rings. The van der Waals surface area contributed by atoms with E-state index in [-0.39, 0.29) is 29.2 Å². The van der Waals surface area contributed by atoms with E-state index in [1.165, 1.54) is 0 Å². The fourth-order valence-electron chi connectivity index (χ4n) is 2.55. The summed E-state index contributed by atoms with van der Waals surface area (Å²) in [5.74, 6) is -0.751. The maximum atomic E-state index is 11.8. The van der Waals surface area contributed by atoms with E-state index in [9.17, 15) is 9.59 Å². The van der Waals surface area contributed by atoms with Crippen LogP contribution >= 0.6 is 0 Å². The van der Waals surface area contributed by atoms with Crippen LogP contribution in [0, 0.1) is 17.3 Å². The van der Waals surface area contributed by atoms with E-state index in [0.717, 1.165) is 12.8 Å². The monoisotopic (exact) mass is 225 g/mol. The number of carboxylic acids is 1. The zero-order chi connectivity index (χ0) is 11.9. The summed E-state index contributed by atoms with van der Waals surface area (Å²) in [7, 11) is 0. The minimum absolute atomic E-state index is 0.0741. The Morgan fingerprint density at radius 3 is 2.38 bits per heavy atom. The summed E-state index contributed by atoms with van der Waals surface area (Å²) in [5, 5.41) is 11.8. The summed E-state index contributed by atoms with van der Waals surface area (Å²) < 4.78 is 0. The molecule has 4 heteroatoms. The van der Waals surface area contributed by atoms with Crippen LogP contribution in [0.1, 0.15) is 39.5 Å². The van der Waals surface area contributed by atoms with Gasteiger partial charge in [-0.25, -0.2) is 0 Å². The summed E-state index contributed by atoms with van der Waals surface area (Å²) in [6.07, 6.45) is 3.03. The number of carbonyl (C=O) groups excluding carboxylic acids is 1. The molecule has 0 aromatic heterocycles. The molecule has 3 atom stereocenters. The summed E-state index contributed by atoms with van der Waals surface area (Å²) in [6, 6.07) is 0.0741. The van der Waals surface area contributed by atoms with E-state index in [0.29, 0.717) is 12.8 Å². The van der Waals surface area contributed by atoms with Crippen LogP contribution in [0.25, 0.3) is 0 Å². The van der Waals surface area contributed by atoms with Gasteiger partial charge in [0.2, 0.25) is 5.91 Å². The number of nitrogens with one attached hydrogen (secondary N) is 1. The Labute approximate surface area is 95.4 Å². The van der Waals surface area contributed by atoms with E-state index in [1.807, 2.05) is 0 Å². The second-order valence-corrected chi connectivity index (χ2v) is 5.80. The molecule has 0 heterocycles. The average molecular weight is 225 g/mol. The molecule has 0 bridgehead atoms. The summed E-state index contributed by atoms with van der Waals surface area (Å²) >= 11 is 0. The van der Waals surface area contributed by atoms with Gasteiger partial charge < -0.3 is 10.4 Å². The highest BCUT2D eigenvalue weighted by atomic mass is 16.4. The lowest BCUT2D eigenvalue weighted by atomic mass is 10.1. The number of carboxylic acid groups (broad SMARTS) is 1. The van der Waals surface area contributed by atoms with Crippen LogP contribution in [0.3, 0.4) is 0 Å². The molecule has 4 nitrogen and oxygen atoms in total. The van der Waals surface area contributed by atoms with E-state index in [1.54, 1.807) is 0 Å². The lowest BCUT2D eigenvalue weighted by Gasteiger charge is -2.13. The number of amides is 1. The molecule has 1 unspecified atom stereocenters. The molecule has 90 valence electrons. The van der Waals surface area contributed by atoms with Crippen LogP contribution in [0.15, 0.2) is 0 Å². The van der Waals surface area contributed by atoms with Crippen LogP contribution in [-0.2, 0) is 9.59 Å². The van der Waals surface area contributed by atoms with Crippen molar-refractivity contribution in [3.05, 3.63) is 0 Å². The molecule has 0 spiro atoms. The average Bonchev–Trinajstić information content (AvgIpc) is 2.62. The Bertz CT molecular complexity index is 324. The van der Waals surface area contributed by atoms with Crippen molar-refractivity contribution in [1.29, 1.82) is 0 Å². The standard InChI is InChI=1S/C12H19NO3/c1-12(2)6-9(12)10(14)13-8-4-3-7(5-8)11(15)16/h7-9H,3-6H2,1-2H3,(H,13,14)(H,15,16)/t7-,8+,9?/m0/s1. The normalized spacial score (nSPS) is 35.8. The SMILES string of the molecule is CC1(C)CC1C(=O)N[C@@H]1CC[C@H](C(=O)O)C1. The van der Waals surface area contributed by atoms with E-state index in [2.05, 4.69) is 19.2 Å². The van der Waals surface area contributed by atoms with Crippen molar-refractivity contribution in [2.45, 2.75) is 45.6 Å². The predicted molar refractivity (Wildman–Crippen MR) is 58.8 cm³/mol. The van der Waals surface area contributed by atoms with Gasteiger partial charge in [-0.2, -0.15) is 0 Å². The van der Waals surface area contributed by atoms with Crippen molar-refractivity contribution in [2.75, 3.05) is 0 Å². The zero-order valence-corrected chi connectivity index (χ0v) is 9.82. The first-order valence-corrected chi connectivity index (χ1v) is 5.93. The maximum absolute atomic E-state index is 11.8. The Morgan fingerprint density at radius 2 is 1.94 bits per heavy atom. The molecule has 2 N–H and O–H groups in total. The van der Waals surface area contributed by atoms with E-state index < -0.39 is 5.97 Å². The zero-order valence-electron chi connectivity index (χ0n) is 9.82. The highest BCUT2D eigenvalue weighted by molar-refractivity contribution is 5.82. The minimum atomic E-state index is -0.733. The summed E-state index contributed by atoms with van der Waals surface area (Å²) in [4.78, 5) is 22.6. The fraction of sp³-hybridized carbons (Fsp3) is 0.833. The van der Waals surface area contributed by atoms with Gasteiger partial charge in [-0.05, 0) is 31.1 Å². The number of hydrogen-bond acceptors (Lipinski definition) is 2. The van der Waals surface area contributed by atoms with Crippen molar-refractivity contribution in [1.82, 2.24) is 5.32 Å². The molecular weight excluding hydrogens is 206 g/mol. The fourth-order valence-corrected chi connectivity index (χ4v) is 2.55. The smallest absolute Gasteiger partial charge is 0.306 e. The number of hydrogen-bond donors (Lipinski definition) is 2.